The highest BCUT2D eigenvalue weighted by atomic mass is 16.2. The molecule has 2 aromatic rings. The topological polar surface area (TPSA) is 98.8 Å². The van der Waals surface area contributed by atoms with Crippen molar-refractivity contribution in [3.63, 3.8) is 0 Å². The summed E-state index contributed by atoms with van der Waals surface area (Å²) >= 11 is 0. The minimum Gasteiger partial charge on any atom is -0.357 e. The Morgan fingerprint density at radius 3 is 2.85 bits per heavy atom. The van der Waals surface area contributed by atoms with Crippen LogP contribution in [0.5, 0.6) is 0 Å². The zero-order chi connectivity index (χ0) is 14.7. The fourth-order valence-corrected chi connectivity index (χ4v) is 1.83. The summed E-state index contributed by atoms with van der Waals surface area (Å²) in [4.78, 5) is 29.2. The summed E-state index contributed by atoms with van der Waals surface area (Å²) in [6, 6.07) is -0.388. The van der Waals surface area contributed by atoms with Crippen LogP contribution < -0.4 is 10.6 Å². The van der Waals surface area contributed by atoms with E-state index in [1.165, 1.54) is 4.90 Å². The molecule has 0 saturated carbocycles. The predicted octanol–water partition coefficient (Wildman–Crippen LogP) is 0.673. The lowest BCUT2D eigenvalue weighted by Crippen LogP contribution is -2.37. The monoisotopic (exact) mass is 277 g/mol. The Labute approximate surface area is 117 Å². The van der Waals surface area contributed by atoms with Crippen molar-refractivity contribution in [1.29, 1.82) is 0 Å². The number of hydrogen-bond acceptors (Lipinski definition) is 6. The molecule has 0 radical (unpaired) electrons. The van der Waals surface area contributed by atoms with Gasteiger partial charge in [0.1, 0.15) is 11.6 Å². The van der Waals surface area contributed by atoms with Gasteiger partial charge in [0.2, 0.25) is 11.9 Å². The Hall–Kier alpha value is -2.38. The molecule has 2 rings (SSSR count). The van der Waals surface area contributed by atoms with Gasteiger partial charge >= 0.3 is 0 Å². The number of rotatable bonds is 5. The second-order valence-electron chi connectivity index (χ2n) is 4.63. The summed E-state index contributed by atoms with van der Waals surface area (Å²) in [6.07, 6.45) is 1.55. The second-order valence-corrected chi connectivity index (χ2v) is 4.63. The first-order valence-electron chi connectivity index (χ1n) is 6.45. The minimum atomic E-state index is -0.388. The zero-order valence-electron chi connectivity index (χ0n) is 12.1. The van der Waals surface area contributed by atoms with Crippen molar-refractivity contribution in [2.75, 3.05) is 31.3 Å². The molecule has 0 fully saturated rings. The highest BCUT2D eigenvalue weighted by Gasteiger charge is 2.18. The number of aromatic nitrogens is 4. The van der Waals surface area contributed by atoms with E-state index in [9.17, 15) is 4.79 Å². The number of carbonyl (C=O) groups excluding carboxylic acids is 1. The highest BCUT2D eigenvalue weighted by Crippen LogP contribution is 2.19. The summed E-state index contributed by atoms with van der Waals surface area (Å²) in [5, 5.41) is 6.14. The van der Waals surface area contributed by atoms with Gasteiger partial charge in [-0.1, -0.05) is 0 Å². The molecule has 0 aliphatic rings. The van der Waals surface area contributed by atoms with E-state index in [0.29, 0.717) is 29.5 Å². The van der Waals surface area contributed by atoms with Gasteiger partial charge in [0, 0.05) is 20.6 Å². The number of imidazole rings is 1. The van der Waals surface area contributed by atoms with Crippen molar-refractivity contribution in [3.8, 4) is 0 Å². The number of carbonyl (C=O) groups is 1. The molecule has 20 heavy (non-hydrogen) atoms. The van der Waals surface area contributed by atoms with Crippen LogP contribution in [0.3, 0.4) is 0 Å². The third kappa shape index (κ3) is 2.79. The first kappa shape index (κ1) is 14.0. The molecular weight excluding hydrogens is 258 g/mol. The zero-order valence-corrected chi connectivity index (χ0v) is 12.1. The van der Waals surface area contributed by atoms with E-state index in [0.717, 1.165) is 0 Å². The second kappa shape index (κ2) is 5.72. The molecule has 2 heterocycles. The largest absolute Gasteiger partial charge is 0.357 e. The Bertz CT molecular complexity index is 607. The average molecular weight is 277 g/mol. The van der Waals surface area contributed by atoms with Crippen LogP contribution in [0.4, 0.5) is 11.8 Å². The van der Waals surface area contributed by atoms with E-state index >= 15 is 0 Å². The fraction of sp³-hybridized carbons (Fsp3) is 0.500. The molecule has 0 aliphatic heterocycles. The number of aromatic amines is 1. The predicted molar refractivity (Wildman–Crippen MR) is 77.6 cm³/mol. The van der Waals surface area contributed by atoms with E-state index < -0.39 is 0 Å². The molecule has 0 aliphatic carbocycles. The molecule has 8 heteroatoms. The average Bonchev–Trinajstić information content (AvgIpc) is 2.86. The molecule has 2 aromatic heterocycles. The molecule has 0 spiro atoms. The number of nitrogens with one attached hydrogen (secondary N) is 3. The van der Waals surface area contributed by atoms with Crippen molar-refractivity contribution >= 4 is 28.8 Å². The van der Waals surface area contributed by atoms with Gasteiger partial charge < -0.3 is 20.5 Å². The molecule has 0 aromatic carbocycles. The van der Waals surface area contributed by atoms with Gasteiger partial charge in [-0.2, -0.15) is 9.97 Å². The van der Waals surface area contributed by atoms with Gasteiger partial charge in [0.25, 0.3) is 0 Å². The van der Waals surface area contributed by atoms with E-state index in [1.54, 1.807) is 27.3 Å². The maximum Gasteiger partial charge on any atom is 0.244 e. The van der Waals surface area contributed by atoms with Gasteiger partial charge in [-0.3, -0.25) is 4.79 Å². The van der Waals surface area contributed by atoms with Crippen molar-refractivity contribution < 1.29 is 4.79 Å². The van der Waals surface area contributed by atoms with E-state index in [1.807, 2.05) is 6.92 Å². The van der Waals surface area contributed by atoms with Crippen LogP contribution in [0.15, 0.2) is 6.33 Å². The van der Waals surface area contributed by atoms with Crippen LogP contribution in [-0.2, 0) is 4.79 Å². The number of nitrogens with zero attached hydrogens (tertiary/aromatic N) is 4. The SMILES string of the molecule is CCNc1nc(NC(C)C(=O)N(C)C)c2[nH]cnc2n1. The number of hydrogen-bond donors (Lipinski definition) is 3. The first-order valence-corrected chi connectivity index (χ1v) is 6.45. The quantitative estimate of drug-likeness (QED) is 0.743. The van der Waals surface area contributed by atoms with Crippen LogP contribution in [0.2, 0.25) is 0 Å². The lowest BCUT2D eigenvalue weighted by Gasteiger charge is -2.18. The molecule has 1 atom stereocenters. The number of amides is 1. The van der Waals surface area contributed by atoms with Gasteiger partial charge in [-0.15, -0.1) is 0 Å². The Morgan fingerprint density at radius 2 is 2.20 bits per heavy atom. The Morgan fingerprint density at radius 1 is 1.45 bits per heavy atom. The third-order valence-corrected chi connectivity index (χ3v) is 2.78. The van der Waals surface area contributed by atoms with E-state index in [4.69, 9.17) is 0 Å². The number of fused-ring (bicyclic) bond motifs is 1. The van der Waals surface area contributed by atoms with Crippen LogP contribution in [0, 0.1) is 0 Å². The van der Waals surface area contributed by atoms with Gasteiger partial charge in [0.15, 0.2) is 11.5 Å². The number of H-pyrrole nitrogens is 1. The first-order chi connectivity index (χ1) is 9.52. The number of likely N-dealkylation sites (N-methyl/N-ethyl adjacent to an activating group) is 1. The van der Waals surface area contributed by atoms with Gasteiger partial charge in [-0.05, 0) is 13.8 Å². The molecule has 1 amide bonds. The van der Waals surface area contributed by atoms with Crippen molar-refractivity contribution in [3.05, 3.63) is 6.33 Å². The minimum absolute atomic E-state index is 0.0266. The standard InChI is InChI=1S/C12H19N7O/c1-5-13-12-17-9-8(14-6-15-9)10(18-12)16-7(2)11(20)19(3)4/h6-7H,5H2,1-4H3,(H3,13,14,15,16,17,18). The maximum absolute atomic E-state index is 11.9. The molecule has 108 valence electrons. The maximum atomic E-state index is 11.9. The summed E-state index contributed by atoms with van der Waals surface area (Å²) in [7, 11) is 3.44. The summed E-state index contributed by atoms with van der Waals surface area (Å²) in [5.74, 6) is 1.02. The number of anilines is 2. The summed E-state index contributed by atoms with van der Waals surface area (Å²) in [5.41, 5.74) is 1.24. The smallest absolute Gasteiger partial charge is 0.244 e. The normalized spacial score (nSPS) is 12.2. The van der Waals surface area contributed by atoms with Crippen LogP contribution in [0.25, 0.3) is 11.2 Å². The van der Waals surface area contributed by atoms with Crippen LogP contribution in [-0.4, -0.2) is 57.4 Å². The summed E-state index contributed by atoms with van der Waals surface area (Å²) < 4.78 is 0. The molecule has 8 nitrogen and oxygen atoms in total. The molecule has 0 saturated heterocycles. The van der Waals surface area contributed by atoms with E-state index in [-0.39, 0.29) is 11.9 Å². The van der Waals surface area contributed by atoms with Crippen LogP contribution in [0.1, 0.15) is 13.8 Å². The van der Waals surface area contributed by atoms with Crippen molar-refractivity contribution in [2.24, 2.45) is 0 Å². The van der Waals surface area contributed by atoms with Gasteiger partial charge in [-0.25, -0.2) is 4.98 Å². The molecular formula is C12H19N7O. The van der Waals surface area contributed by atoms with Crippen molar-refractivity contribution in [1.82, 2.24) is 24.8 Å². The molecule has 1 unspecified atom stereocenters. The lowest BCUT2D eigenvalue weighted by molar-refractivity contribution is -0.129. The molecule has 3 N–H and O–H groups in total. The van der Waals surface area contributed by atoms with E-state index in [2.05, 4.69) is 30.6 Å². The van der Waals surface area contributed by atoms with Crippen LogP contribution >= 0.6 is 0 Å². The summed E-state index contributed by atoms with van der Waals surface area (Å²) in [6.45, 7) is 4.46. The highest BCUT2D eigenvalue weighted by molar-refractivity contribution is 5.88. The third-order valence-electron chi connectivity index (χ3n) is 2.78. The molecule has 0 bridgehead atoms. The van der Waals surface area contributed by atoms with Crippen molar-refractivity contribution in [2.45, 2.75) is 19.9 Å². The van der Waals surface area contributed by atoms with Gasteiger partial charge in [0.05, 0.1) is 6.33 Å². The fourth-order valence-electron chi connectivity index (χ4n) is 1.83. The lowest BCUT2D eigenvalue weighted by atomic mass is 10.3. The Kier molecular flexibility index (Phi) is 4.02. The Balaban J connectivity index is 2.32.